The van der Waals surface area contributed by atoms with Gasteiger partial charge in [-0.3, -0.25) is 10.8 Å². The Hall–Kier alpha value is -2.12. The van der Waals surface area contributed by atoms with Gasteiger partial charge in [-0.05, 0) is 19.4 Å². The second-order valence-corrected chi connectivity index (χ2v) is 4.29. The smallest absolute Gasteiger partial charge is 0.237 e. The van der Waals surface area contributed by atoms with Gasteiger partial charge in [0.25, 0.3) is 0 Å². The van der Waals surface area contributed by atoms with Crippen LogP contribution in [0, 0.1) is 6.92 Å². The van der Waals surface area contributed by atoms with Gasteiger partial charge >= 0.3 is 0 Å². The minimum Gasteiger partial charge on any atom is -0.480 e. The van der Waals surface area contributed by atoms with Crippen LogP contribution in [-0.4, -0.2) is 27.3 Å². The molecular formula is C13H18N6O. The highest BCUT2D eigenvalue weighted by atomic mass is 16.5. The maximum Gasteiger partial charge on any atom is 0.237 e. The fourth-order valence-electron chi connectivity index (χ4n) is 2.07. The van der Waals surface area contributed by atoms with Gasteiger partial charge in [-0.2, -0.15) is 10.2 Å². The number of nitrogens with zero attached hydrogens (tertiary/aromatic N) is 4. The molecule has 0 saturated carbocycles. The molecule has 20 heavy (non-hydrogen) atoms. The summed E-state index contributed by atoms with van der Waals surface area (Å²) in [6.07, 6.45) is 3.94. The number of hydrazine groups is 1. The first kappa shape index (κ1) is 14.3. The Kier molecular flexibility index (Phi) is 4.54. The normalized spacial score (nSPS) is 12.2. The summed E-state index contributed by atoms with van der Waals surface area (Å²) in [5, 5.41) is 8.29. The highest BCUT2D eigenvalue weighted by Crippen LogP contribution is 2.27. The molecule has 2 aromatic rings. The number of hydrogen-bond acceptors (Lipinski definition) is 7. The number of nitrogens with two attached hydrogens (primary N) is 1. The average molecular weight is 274 g/mol. The Morgan fingerprint density at radius 3 is 2.70 bits per heavy atom. The molecular weight excluding hydrogens is 256 g/mol. The van der Waals surface area contributed by atoms with E-state index in [0.29, 0.717) is 11.6 Å². The summed E-state index contributed by atoms with van der Waals surface area (Å²) < 4.78 is 5.25. The Balaban J connectivity index is 2.55. The van der Waals surface area contributed by atoms with Crippen molar-refractivity contribution in [1.82, 2.24) is 25.6 Å². The van der Waals surface area contributed by atoms with Gasteiger partial charge < -0.3 is 4.74 Å². The van der Waals surface area contributed by atoms with Gasteiger partial charge in [-0.1, -0.05) is 6.92 Å². The fourth-order valence-corrected chi connectivity index (χ4v) is 2.07. The lowest BCUT2D eigenvalue weighted by molar-refractivity contribution is 0.382. The van der Waals surface area contributed by atoms with E-state index in [1.165, 1.54) is 0 Å². The van der Waals surface area contributed by atoms with Crippen molar-refractivity contribution in [3.63, 3.8) is 0 Å². The summed E-state index contributed by atoms with van der Waals surface area (Å²) >= 11 is 0. The zero-order valence-electron chi connectivity index (χ0n) is 11.8. The summed E-state index contributed by atoms with van der Waals surface area (Å²) in [6.45, 7) is 3.90. The minimum atomic E-state index is -0.345. The molecule has 7 nitrogen and oxygen atoms in total. The highest BCUT2D eigenvalue weighted by Gasteiger charge is 2.22. The summed E-state index contributed by atoms with van der Waals surface area (Å²) in [5.74, 6) is 6.15. The van der Waals surface area contributed by atoms with Crippen LogP contribution in [0.5, 0.6) is 5.88 Å². The summed E-state index contributed by atoms with van der Waals surface area (Å²) in [5.41, 5.74) is 6.00. The number of hydrogen-bond donors (Lipinski definition) is 2. The van der Waals surface area contributed by atoms with Crippen LogP contribution in [0.3, 0.4) is 0 Å². The van der Waals surface area contributed by atoms with Crippen LogP contribution in [-0.2, 0) is 6.42 Å². The van der Waals surface area contributed by atoms with E-state index >= 15 is 0 Å². The topological polar surface area (TPSA) is 98.8 Å². The van der Waals surface area contributed by atoms with Crippen LogP contribution in [0.2, 0.25) is 0 Å². The molecule has 0 spiro atoms. The van der Waals surface area contributed by atoms with Gasteiger partial charge in [-0.15, -0.1) is 0 Å². The van der Waals surface area contributed by atoms with Crippen LogP contribution in [0.1, 0.15) is 35.6 Å². The van der Waals surface area contributed by atoms with Crippen LogP contribution in [0.15, 0.2) is 18.5 Å². The summed E-state index contributed by atoms with van der Waals surface area (Å²) in [7, 11) is 1.55. The maximum atomic E-state index is 5.71. The Morgan fingerprint density at radius 1 is 1.30 bits per heavy atom. The largest absolute Gasteiger partial charge is 0.480 e. The lowest BCUT2D eigenvalue weighted by Gasteiger charge is -2.19. The van der Waals surface area contributed by atoms with E-state index < -0.39 is 0 Å². The SMILES string of the molecule is CCc1nnc(C)cc1C(NN)c1nccnc1OC. The van der Waals surface area contributed by atoms with E-state index in [1.54, 1.807) is 19.5 Å². The van der Waals surface area contributed by atoms with E-state index in [9.17, 15) is 0 Å². The van der Waals surface area contributed by atoms with Gasteiger partial charge in [0.1, 0.15) is 5.69 Å². The molecule has 0 saturated heterocycles. The molecule has 3 N–H and O–H groups in total. The zero-order chi connectivity index (χ0) is 14.5. The lowest BCUT2D eigenvalue weighted by atomic mass is 10.0. The second kappa shape index (κ2) is 6.36. The van der Waals surface area contributed by atoms with Crippen LogP contribution in [0.4, 0.5) is 0 Å². The van der Waals surface area contributed by atoms with E-state index in [0.717, 1.165) is 23.4 Å². The van der Waals surface area contributed by atoms with Crippen molar-refractivity contribution in [2.24, 2.45) is 5.84 Å². The van der Waals surface area contributed by atoms with E-state index in [1.807, 2.05) is 19.9 Å². The lowest BCUT2D eigenvalue weighted by Crippen LogP contribution is -2.31. The molecule has 1 atom stereocenters. The Labute approximate surface area is 117 Å². The minimum absolute atomic E-state index is 0.345. The molecule has 1 unspecified atom stereocenters. The molecule has 0 amide bonds. The Morgan fingerprint density at radius 2 is 2.05 bits per heavy atom. The second-order valence-electron chi connectivity index (χ2n) is 4.29. The van der Waals surface area contributed by atoms with E-state index in [2.05, 4.69) is 25.6 Å². The first-order valence-electron chi connectivity index (χ1n) is 6.35. The fraction of sp³-hybridized carbons (Fsp3) is 0.385. The number of nitrogens with one attached hydrogen (secondary N) is 1. The van der Waals surface area contributed by atoms with Gasteiger partial charge in [0.2, 0.25) is 5.88 Å². The van der Waals surface area contributed by atoms with Crippen LogP contribution >= 0.6 is 0 Å². The number of methoxy groups -OCH3 is 1. The number of aromatic nitrogens is 4. The molecule has 0 aliphatic rings. The molecule has 0 fully saturated rings. The van der Waals surface area contributed by atoms with Crippen LogP contribution < -0.4 is 16.0 Å². The Bertz CT molecular complexity index is 589. The van der Waals surface area contributed by atoms with Crippen molar-refractivity contribution >= 4 is 0 Å². The average Bonchev–Trinajstić information content (AvgIpc) is 2.49. The first-order valence-corrected chi connectivity index (χ1v) is 6.35. The quantitative estimate of drug-likeness (QED) is 0.611. The van der Waals surface area contributed by atoms with Gasteiger partial charge in [0.15, 0.2) is 0 Å². The van der Waals surface area contributed by atoms with E-state index in [4.69, 9.17) is 10.6 Å². The van der Waals surface area contributed by atoms with Crippen LogP contribution in [0.25, 0.3) is 0 Å². The third-order valence-electron chi connectivity index (χ3n) is 3.00. The standard InChI is InChI=1S/C13H18N6O/c1-4-10-9(7-8(2)18-19-10)11(17-14)12-13(20-3)16-6-5-15-12/h5-7,11,17H,4,14H2,1-3H3. The maximum absolute atomic E-state index is 5.71. The molecule has 2 rings (SSSR count). The third kappa shape index (κ3) is 2.73. The molecule has 0 aliphatic carbocycles. The molecule has 0 radical (unpaired) electrons. The predicted octanol–water partition coefficient (Wildman–Crippen LogP) is 0.699. The molecule has 0 bridgehead atoms. The molecule has 7 heteroatoms. The third-order valence-corrected chi connectivity index (χ3v) is 3.00. The van der Waals surface area contributed by atoms with Crippen molar-refractivity contribution in [2.45, 2.75) is 26.3 Å². The molecule has 2 heterocycles. The molecule has 0 aromatic carbocycles. The molecule has 106 valence electrons. The predicted molar refractivity (Wildman–Crippen MR) is 73.9 cm³/mol. The van der Waals surface area contributed by atoms with Crippen molar-refractivity contribution in [3.8, 4) is 5.88 Å². The van der Waals surface area contributed by atoms with Crippen molar-refractivity contribution < 1.29 is 4.74 Å². The van der Waals surface area contributed by atoms with Crippen molar-refractivity contribution in [1.29, 1.82) is 0 Å². The summed E-state index contributed by atoms with van der Waals surface area (Å²) in [4.78, 5) is 8.48. The highest BCUT2D eigenvalue weighted by molar-refractivity contribution is 5.35. The first-order chi connectivity index (χ1) is 9.71. The monoisotopic (exact) mass is 274 g/mol. The summed E-state index contributed by atoms with van der Waals surface area (Å²) in [6, 6.07) is 1.60. The van der Waals surface area contributed by atoms with E-state index in [-0.39, 0.29) is 6.04 Å². The number of aryl methyl sites for hydroxylation is 2. The zero-order valence-corrected chi connectivity index (χ0v) is 11.8. The number of ether oxygens (including phenoxy) is 1. The van der Waals surface area contributed by atoms with Crippen molar-refractivity contribution in [3.05, 3.63) is 41.1 Å². The van der Waals surface area contributed by atoms with Crippen molar-refractivity contribution in [2.75, 3.05) is 7.11 Å². The van der Waals surface area contributed by atoms with Gasteiger partial charge in [0.05, 0.1) is 24.5 Å². The van der Waals surface area contributed by atoms with Gasteiger partial charge in [-0.25, -0.2) is 10.4 Å². The molecule has 0 aliphatic heterocycles. The number of rotatable bonds is 5. The van der Waals surface area contributed by atoms with Gasteiger partial charge in [0, 0.05) is 18.0 Å². The molecule has 2 aromatic heterocycles.